The summed E-state index contributed by atoms with van der Waals surface area (Å²) in [6.07, 6.45) is -4.56. The fraction of sp³-hybridized carbons (Fsp3) is 0.0588. The molecule has 0 saturated carbocycles. The second-order valence-corrected chi connectivity index (χ2v) is 4.92. The van der Waals surface area contributed by atoms with Crippen LogP contribution in [0.1, 0.15) is 11.1 Å². The highest BCUT2D eigenvalue weighted by molar-refractivity contribution is 6.01. The van der Waals surface area contributed by atoms with E-state index in [1.165, 1.54) is 12.1 Å². The first-order valence-corrected chi connectivity index (χ1v) is 6.68. The van der Waals surface area contributed by atoms with Crippen molar-refractivity contribution in [3.8, 4) is 17.2 Å². The maximum Gasteiger partial charge on any atom is 0.417 e. The lowest BCUT2D eigenvalue weighted by molar-refractivity contribution is -0.136. The number of rotatable bonds is 1. The van der Waals surface area contributed by atoms with Gasteiger partial charge in [0.05, 0.1) is 11.1 Å². The third-order valence-corrected chi connectivity index (χ3v) is 3.52. The fourth-order valence-corrected chi connectivity index (χ4v) is 2.58. The van der Waals surface area contributed by atoms with Crippen molar-refractivity contribution in [2.24, 2.45) is 0 Å². The van der Waals surface area contributed by atoms with Crippen molar-refractivity contribution < 1.29 is 13.2 Å². The maximum atomic E-state index is 13.4. The van der Waals surface area contributed by atoms with E-state index < -0.39 is 11.7 Å². The van der Waals surface area contributed by atoms with Gasteiger partial charge in [0.15, 0.2) is 0 Å². The van der Waals surface area contributed by atoms with Crippen molar-refractivity contribution in [3.63, 3.8) is 0 Å². The molecule has 0 spiro atoms. The number of alkyl halides is 3. The van der Waals surface area contributed by atoms with Gasteiger partial charge in [-0.1, -0.05) is 36.4 Å². The molecule has 2 aromatic carbocycles. The first kappa shape index (κ1) is 14.9. The molecule has 6 heteroatoms. The number of nitriles is 1. The van der Waals surface area contributed by atoms with E-state index in [0.29, 0.717) is 5.56 Å². The third-order valence-electron chi connectivity index (χ3n) is 3.52. The monoisotopic (exact) mass is 313 g/mol. The van der Waals surface area contributed by atoms with Gasteiger partial charge in [-0.2, -0.15) is 18.4 Å². The molecule has 0 bridgehead atoms. The van der Waals surface area contributed by atoms with Crippen molar-refractivity contribution in [1.29, 1.82) is 5.26 Å². The van der Waals surface area contributed by atoms with Crippen LogP contribution in [0.3, 0.4) is 0 Å². The number of nitrogens with zero attached hydrogens (tertiary/aromatic N) is 2. The second kappa shape index (κ2) is 5.29. The predicted octanol–water partition coefficient (Wildman–Crippen LogP) is 4.37. The molecule has 3 rings (SSSR count). The Labute approximate surface area is 129 Å². The average molecular weight is 313 g/mol. The van der Waals surface area contributed by atoms with E-state index in [1.54, 1.807) is 30.3 Å². The van der Waals surface area contributed by atoms with Crippen LogP contribution in [-0.4, -0.2) is 4.98 Å². The van der Waals surface area contributed by atoms with Crippen LogP contribution in [0, 0.1) is 11.3 Å². The van der Waals surface area contributed by atoms with Crippen LogP contribution in [0.4, 0.5) is 19.0 Å². The minimum absolute atomic E-state index is 0.0552. The predicted molar refractivity (Wildman–Crippen MR) is 81.3 cm³/mol. The number of anilines is 1. The van der Waals surface area contributed by atoms with E-state index in [-0.39, 0.29) is 27.8 Å². The topological polar surface area (TPSA) is 62.7 Å². The van der Waals surface area contributed by atoms with Gasteiger partial charge < -0.3 is 5.73 Å². The lowest BCUT2D eigenvalue weighted by atomic mass is 9.93. The highest BCUT2D eigenvalue weighted by Crippen LogP contribution is 2.41. The van der Waals surface area contributed by atoms with Crippen LogP contribution in [0.25, 0.3) is 22.0 Å². The number of benzene rings is 2. The molecule has 0 aliphatic heterocycles. The Morgan fingerprint density at radius 3 is 2.30 bits per heavy atom. The van der Waals surface area contributed by atoms with E-state index >= 15 is 0 Å². The van der Waals surface area contributed by atoms with Crippen LogP contribution in [-0.2, 0) is 6.18 Å². The molecular formula is C17H10F3N3. The number of halogens is 3. The summed E-state index contributed by atoms with van der Waals surface area (Å²) in [4.78, 5) is 3.96. The molecule has 0 aliphatic rings. The molecule has 0 saturated heterocycles. The average Bonchev–Trinajstić information content (AvgIpc) is 2.52. The van der Waals surface area contributed by atoms with E-state index in [0.717, 1.165) is 6.07 Å². The molecule has 1 heterocycles. The highest BCUT2D eigenvalue weighted by atomic mass is 19.4. The van der Waals surface area contributed by atoms with Gasteiger partial charge in [-0.15, -0.1) is 0 Å². The Hall–Kier alpha value is -3.07. The first-order chi connectivity index (χ1) is 10.9. The van der Waals surface area contributed by atoms with E-state index in [1.807, 2.05) is 6.07 Å². The minimum atomic E-state index is -4.56. The van der Waals surface area contributed by atoms with Gasteiger partial charge in [0.1, 0.15) is 17.5 Å². The van der Waals surface area contributed by atoms with Gasteiger partial charge in [-0.05, 0) is 17.7 Å². The smallest absolute Gasteiger partial charge is 0.383 e. The molecule has 0 fully saturated rings. The van der Waals surface area contributed by atoms with E-state index in [4.69, 9.17) is 5.73 Å². The summed E-state index contributed by atoms with van der Waals surface area (Å²) in [5.74, 6) is -0.0850. The third kappa shape index (κ3) is 2.46. The Morgan fingerprint density at radius 1 is 1.00 bits per heavy atom. The van der Waals surface area contributed by atoms with Crippen molar-refractivity contribution in [2.45, 2.75) is 6.18 Å². The standard InChI is InChI=1S/C17H10F3N3/c18-17(19,20)12-7-4-8-13-15(12)14(10-5-2-1-3-6-10)11(9-21)16(22)23-13/h1-8H,(H2,22,23). The molecule has 1 aromatic heterocycles. The van der Waals surface area contributed by atoms with Crippen LogP contribution in [0.2, 0.25) is 0 Å². The number of hydrogen-bond acceptors (Lipinski definition) is 3. The summed E-state index contributed by atoms with van der Waals surface area (Å²) in [7, 11) is 0. The van der Waals surface area contributed by atoms with Crippen LogP contribution < -0.4 is 5.73 Å². The van der Waals surface area contributed by atoms with Gasteiger partial charge in [0, 0.05) is 10.9 Å². The van der Waals surface area contributed by atoms with Crippen molar-refractivity contribution in [2.75, 3.05) is 5.73 Å². The van der Waals surface area contributed by atoms with Gasteiger partial charge in [-0.3, -0.25) is 0 Å². The summed E-state index contributed by atoms with van der Waals surface area (Å²) in [5.41, 5.74) is 5.64. The van der Waals surface area contributed by atoms with E-state index in [2.05, 4.69) is 4.98 Å². The summed E-state index contributed by atoms with van der Waals surface area (Å²) < 4.78 is 40.2. The number of nitrogen functional groups attached to an aromatic ring is 1. The molecule has 0 aliphatic carbocycles. The zero-order valence-electron chi connectivity index (χ0n) is 11.7. The normalized spacial score (nSPS) is 11.4. The van der Waals surface area contributed by atoms with Crippen LogP contribution in [0.15, 0.2) is 48.5 Å². The molecule has 0 atom stereocenters. The minimum Gasteiger partial charge on any atom is -0.383 e. The number of fused-ring (bicyclic) bond motifs is 1. The molecule has 0 amide bonds. The van der Waals surface area contributed by atoms with E-state index in [9.17, 15) is 18.4 Å². The summed E-state index contributed by atoms with van der Waals surface area (Å²) in [6, 6.07) is 14.0. The van der Waals surface area contributed by atoms with Gasteiger partial charge in [0.25, 0.3) is 0 Å². The lowest BCUT2D eigenvalue weighted by Gasteiger charge is -2.16. The Morgan fingerprint density at radius 2 is 1.70 bits per heavy atom. The van der Waals surface area contributed by atoms with Crippen LogP contribution in [0.5, 0.6) is 0 Å². The quantitative estimate of drug-likeness (QED) is 0.725. The van der Waals surface area contributed by atoms with Crippen molar-refractivity contribution in [1.82, 2.24) is 4.98 Å². The molecule has 2 N–H and O–H groups in total. The Kier molecular flexibility index (Phi) is 3.41. The Bertz CT molecular complexity index is 926. The molecule has 3 aromatic rings. The molecule has 0 radical (unpaired) electrons. The second-order valence-electron chi connectivity index (χ2n) is 4.92. The van der Waals surface area contributed by atoms with Gasteiger partial charge >= 0.3 is 6.18 Å². The maximum absolute atomic E-state index is 13.4. The number of pyridine rings is 1. The summed E-state index contributed by atoms with van der Waals surface area (Å²) >= 11 is 0. The summed E-state index contributed by atoms with van der Waals surface area (Å²) in [6.45, 7) is 0. The SMILES string of the molecule is N#Cc1c(N)nc2cccc(C(F)(F)F)c2c1-c1ccccc1. The number of aromatic nitrogens is 1. The van der Waals surface area contributed by atoms with Crippen LogP contribution >= 0.6 is 0 Å². The molecule has 114 valence electrons. The molecule has 3 nitrogen and oxygen atoms in total. The molecule has 0 unspecified atom stereocenters. The first-order valence-electron chi connectivity index (χ1n) is 6.68. The number of hydrogen-bond donors (Lipinski definition) is 1. The summed E-state index contributed by atoms with van der Waals surface area (Å²) in [5, 5.41) is 9.25. The Balaban J connectivity index is 2.56. The fourth-order valence-electron chi connectivity index (χ4n) is 2.58. The number of nitrogens with two attached hydrogens (primary N) is 1. The molecule has 23 heavy (non-hydrogen) atoms. The highest BCUT2D eigenvalue weighted by Gasteiger charge is 2.34. The zero-order chi connectivity index (χ0) is 16.6. The molecular weight excluding hydrogens is 303 g/mol. The van der Waals surface area contributed by atoms with Crippen molar-refractivity contribution >= 4 is 16.7 Å². The largest absolute Gasteiger partial charge is 0.417 e. The van der Waals surface area contributed by atoms with Crippen molar-refractivity contribution in [3.05, 3.63) is 59.7 Å². The van der Waals surface area contributed by atoms with Gasteiger partial charge in [-0.25, -0.2) is 4.98 Å². The van der Waals surface area contributed by atoms with Gasteiger partial charge in [0.2, 0.25) is 0 Å². The zero-order valence-corrected chi connectivity index (χ0v) is 11.7. The lowest BCUT2D eigenvalue weighted by Crippen LogP contribution is -2.08.